The van der Waals surface area contributed by atoms with E-state index < -0.39 is 9.84 Å². The highest BCUT2D eigenvalue weighted by Gasteiger charge is 2.47. The Balaban J connectivity index is 1.65. The number of carbonyl (C=O) groups is 1. The third kappa shape index (κ3) is 3.14. The molecule has 28 heavy (non-hydrogen) atoms. The molecule has 1 N–H and O–H groups in total. The third-order valence-corrected chi connectivity index (χ3v) is 8.23. The van der Waals surface area contributed by atoms with Crippen molar-refractivity contribution in [3.8, 4) is 0 Å². The molecule has 2 fully saturated rings. The first kappa shape index (κ1) is 19.5. The monoisotopic (exact) mass is 403 g/mol. The van der Waals surface area contributed by atoms with Gasteiger partial charge in [-0.2, -0.15) is 0 Å². The van der Waals surface area contributed by atoms with Crippen LogP contribution in [0.4, 0.5) is 0 Å². The summed E-state index contributed by atoms with van der Waals surface area (Å²) in [5.41, 5.74) is 5.48. The maximum absolute atomic E-state index is 13.3. The predicted molar refractivity (Wildman–Crippen MR) is 111 cm³/mol. The Kier molecular flexibility index (Phi) is 4.78. The number of likely N-dealkylation sites (N-methyl/N-ethyl adjacent to an activating group) is 1. The van der Waals surface area contributed by atoms with Gasteiger partial charge in [-0.25, -0.2) is 8.42 Å². The minimum atomic E-state index is -3.10. The van der Waals surface area contributed by atoms with Crippen LogP contribution in [0.1, 0.15) is 29.3 Å². The maximum Gasteiger partial charge on any atom is 0.227 e. The van der Waals surface area contributed by atoms with Crippen molar-refractivity contribution < 1.29 is 13.2 Å². The number of sulfone groups is 1. The molecule has 4 rings (SSSR count). The Morgan fingerprint density at radius 1 is 1.11 bits per heavy atom. The number of amides is 1. The maximum atomic E-state index is 13.3. The fraction of sp³-hybridized carbons (Fsp3) is 0.571. The van der Waals surface area contributed by atoms with Crippen molar-refractivity contribution in [2.45, 2.75) is 46.2 Å². The van der Waals surface area contributed by atoms with Gasteiger partial charge in [0.2, 0.25) is 5.91 Å². The van der Waals surface area contributed by atoms with Gasteiger partial charge >= 0.3 is 0 Å². The lowest BCUT2D eigenvalue weighted by Gasteiger charge is -2.43. The summed E-state index contributed by atoms with van der Waals surface area (Å²) in [6.07, 6.45) is 0.311. The van der Waals surface area contributed by atoms with E-state index in [1.54, 1.807) is 0 Å². The summed E-state index contributed by atoms with van der Waals surface area (Å²) in [4.78, 5) is 20.8. The number of aryl methyl sites for hydroxylation is 3. The van der Waals surface area contributed by atoms with Gasteiger partial charge < -0.3 is 9.88 Å². The molecule has 1 amide bonds. The highest BCUT2D eigenvalue weighted by molar-refractivity contribution is 7.91. The summed E-state index contributed by atoms with van der Waals surface area (Å²) in [5, 5.41) is 1.13. The highest BCUT2D eigenvalue weighted by Crippen LogP contribution is 2.31. The van der Waals surface area contributed by atoms with Crippen LogP contribution in [0.15, 0.2) is 12.1 Å². The molecule has 1 aromatic carbocycles. The van der Waals surface area contributed by atoms with Crippen LogP contribution in [0.5, 0.6) is 0 Å². The number of carbonyl (C=O) groups excluding carboxylic acids is 1. The summed E-state index contributed by atoms with van der Waals surface area (Å²) in [5.74, 6) is 0.290. The zero-order valence-electron chi connectivity index (χ0n) is 17.1. The van der Waals surface area contributed by atoms with Gasteiger partial charge in [-0.15, -0.1) is 0 Å². The number of piperazine rings is 1. The van der Waals surface area contributed by atoms with E-state index in [1.807, 2.05) is 11.8 Å². The molecular weight excluding hydrogens is 374 g/mol. The van der Waals surface area contributed by atoms with Crippen molar-refractivity contribution in [3.63, 3.8) is 0 Å². The molecule has 0 unspecified atom stereocenters. The zero-order chi connectivity index (χ0) is 20.2. The molecule has 0 radical (unpaired) electrons. The number of rotatable bonds is 3. The average Bonchev–Trinajstić information content (AvgIpc) is 3.14. The summed E-state index contributed by atoms with van der Waals surface area (Å²) in [6, 6.07) is 3.90. The number of nitrogens with one attached hydrogen (secondary N) is 1. The lowest BCUT2D eigenvalue weighted by atomic mass is 9.99. The molecule has 0 aliphatic carbocycles. The van der Waals surface area contributed by atoms with Crippen LogP contribution in [0.25, 0.3) is 10.9 Å². The lowest BCUT2D eigenvalue weighted by molar-refractivity contribution is -0.136. The molecule has 0 saturated carbocycles. The highest BCUT2D eigenvalue weighted by atomic mass is 32.2. The van der Waals surface area contributed by atoms with Crippen molar-refractivity contribution in [2.75, 3.05) is 31.1 Å². The smallest absolute Gasteiger partial charge is 0.227 e. The fourth-order valence-corrected chi connectivity index (χ4v) is 7.02. The Bertz CT molecular complexity index is 1040. The summed E-state index contributed by atoms with van der Waals surface area (Å²) in [6.45, 7) is 10.4. The molecule has 2 aromatic rings. The predicted octanol–water partition coefficient (Wildman–Crippen LogP) is 1.97. The summed E-state index contributed by atoms with van der Waals surface area (Å²) < 4.78 is 24.6. The molecule has 1 aromatic heterocycles. The minimum absolute atomic E-state index is 0.0350. The van der Waals surface area contributed by atoms with Crippen molar-refractivity contribution in [1.29, 1.82) is 0 Å². The van der Waals surface area contributed by atoms with Gasteiger partial charge in [-0.05, 0) is 44.0 Å². The quantitative estimate of drug-likeness (QED) is 0.850. The number of H-pyrrole nitrogens is 1. The van der Waals surface area contributed by atoms with E-state index in [0.29, 0.717) is 13.0 Å². The van der Waals surface area contributed by atoms with Crippen molar-refractivity contribution in [2.24, 2.45) is 0 Å². The third-order valence-electron chi connectivity index (χ3n) is 6.53. The van der Waals surface area contributed by atoms with Crippen LogP contribution in [-0.2, 0) is 21.1 Å². The molecule has 2 saturated heterocycles. The van der Waals surface area contributed by atoms with Gasteiger partial charge in [0.05, 0.1) is 24.0 Å². The van der Waals surface area contributed by atoms with E-state index in [1.165, 1.54) is 5.56 Å². The Morgan fingerprint density at radius 3 is 2.50 bits per heavy atom. The fourth-order valence-electron chi connectivity index (χ4n) is 5.01. The Hall–Kier alpha value is -1.86. The number of hydrogen-bond acceptors (Lipinski definition) is 4. The van der Waals surface area contributed by atoms with Crippen molar-refractivity contribution in [1.82, 2.24) is 14.8 Å². The van der Waals surface area contributed by atoms with Gasteiger partial charge in [0.15, 0.2) is 9.84 Å². The standard InChI is InChI=1S/C21H29N3O3S/c1-5-23-8-9-24(18-12-28(26,27)11-17(18)23)19(25)10-16-15(4)22-21-14(3)7-6-13(2)20(16)21/h6-7,17-18,22H,5,8-12H2,1-4H3/t17-,18+/m0/s1. The van der Waals surface area contributed by atoms with Crippen LogP contribution in [0.2, 0.25) is 0 Å². The molecule has 0 bridgehead atoms. The zero-order valence-corrected chi connectivity index (χ0v) is 17.9. The van der Waals surface area contributed by atoms with Gasteiger partial charge in [-0.1, -0.05) is 19.1 Å². The van der Waals surface area contributed by atoms with Crippen LogP contribution < -0.4 is 0 Å². The second-order valence-corrected chi connectivity index (χ2v) is 10.4. The molecule has 7 heteroatoms. The molecule has 2 aliphatic rings. The molecule has 152 valence electrons. The number of benzene rings is 1. The van der Waals surface area contributed by atoms with Crippen LogP contribution in [0.3, 0.4) is 0 Å². The van der Waals surface area contributed by atoms with Gasteiger partial charge in [0, 0.05) is 35.7 Å². The molecule has 2 aliphatic heterocycles. The molecule has 2 atom stereocenters. The van der Waals surface area contributed by atoms with E-state index in [-0.39, 0.29) is 29.5 Å². The number of aromatic nitrogens is 1. The largest absolute Gasteiger partial charge is 0.358 e. The first-order valence-electron chi connectivity index (χ1n) is 10.0. The molecule has 6 nitrogen and oxygen atoms in total. The Labute approximate surface area is 166 Å². The number of hydrogen-bond donors (Lipinski definition) is 1. The van der Waals surface area contributed by atoms with E-state index in [4.69, 9.17) is 0 Å². The van der Waals surface area contributed by atoms with Crippen LogP contribution in [0, 0.1) is 20.8 Å². The number of aromatic amines is 1. The lowest BCUT2D eigenvalue weighted by Crippen LogP contribution is -2.60. The molecular formula is C21H29N3O3S. The minimum Gasteiger partial charge on any atom is -0.358 e. The van der Waals surface area contributed by atoms with Crippen molar-refractivity contribution >= 4 is 26.6 Å². The first-order valence-corrected chi connectivity index (χ1v) is 11.8. The van der Waals surface area contributed by atoms with Crippen LogP contribution in [-0.4, -0.2) is 72.3 Å². The molecule has 3 heterocycles. The Morgan fingerprint density at radius 2 is 1.79 bits per heavy atom. The van der Waals surface area contributed by atoms with E-state index in [2.05, 4.69) is 42.8 Å². The van der Waals surface area contributed by atoms with Crippen molar-refractivity contribution in [3.05, 3.63) is 34.5 Å². The second-order valence-electron chi connectivity index (χ2n) is 8.28. The topological polar surface area (TPSA) is 73.5 Å². The van der Waals surface area contributed by atoms with Gasteiger partial charge in [-0.3, -0.25) is 9.69 Å². The van der Waals surface area contributed by atoms with Crippen LogP contribution >= 0.6 is 0 Å². The summed E-state index contributed by atoms with van der Waals surface area (Å²) >= 11 is 0. The number of nitrogens with zero attached hydrogens (tertiary/aromatic N) is 2. The van der Waals surface area contributed by atoms with Gasteiger partial charge in [0.1, 0.15) is 0 Å². The molecule has 0 spiro atoms. The summed E-state index contributed by atoms with van der Waals surface area (Å²) in [7, 11) is -3.10. The average molecular weight is 404 g/mol. The normalized spacial score (nSPS) is 24.6. The SMILES string of the molecule is CCN1CCN(C(=O)Cc2c(C)[nH]c3c(C)ccc(C)c23)[C@@H]2CS(=O)(=O)C[C@@H]21. The number of fused-ring (bicyclic) bond motifs is 2. The van der Waals surface area contributed by atoms with E-state index in [9.17, 15) is 13.2 Å². The van der Waals surface area contributed by atoms with Gasteiger partial charge in [0.25, 0.3) is 0 Å². The first-order chi connectivity index (χ1) is 13.2. The van der Waals surface area contributed by atoms with E-state index >= 15 is 0 Å². The van der Waals surface area contributed by atoms with E-state index in [0.717, 1.165) is 40.8 Å². The second kappa shape index (κ2) is 6.88.